The normalized spacial score (nSPS) is 14.5. The molecule has 2 aromatic carbocycles. The van der Waals surface area contributed by atoms with Crippen LogP contribution in [0.5, 0.6) is 0 Å². The molecule has 0 aliphatic carbocycles. The van der Waals surface area contributed by atoms with Gasteiger partial charge in [0.05, 0.1) is 5.39 Å². The number of fused-ring (bicyclic) bond motifs is 1. The number of para-hydroxylation sites is 1. The van der Waals surface area contributed by atoms with Gasteiger partial charge >= 0.3 is 0 Å². The number of hydrogen-bond acceptors (Lipinski definition) is 5. The smallest absolute Gasteiger partial charge is 0.225 e. The number of thiophene rings is 1. The van der Waals surface area contributed by atoms with E-state index in [1.165, 1.54) is 27.9 Å². The molecule has 5 rings (SSSR count). The molecular formula is C24H23ClN4S. The Morgan fingerprint density at radius 1 is 0.867 bits per heavy atom. The largest absolute Gasteiger partial charge is 0.368 e. The van der Waals surface area contributed by atoms with Crippen LogP contribution in [-0.4, -0.2) is 36.1 Å². The van der Waals surface area contributed by atoms with Crippen LogP contribution in [0.25, 0.3) is 21.3 Å². The van der Waals surface area contributed by atoms with Crippen molar-refractivity contribution in [2.24, 2.45) is 0 Å². The van der Waals surface area contributed by atoms with Gasteiger partial charge in [-0.1, -0.05) is 42.0 Å². The summed E-state index contributed by atoms with van der Waals surface area (Å²) in [6.45, 7) is 8.01. The summed E-state index contributed by atoms with van der Waals surface area (Å²) in [5.41, 5.74) is 6.25. The fourth-order valence-electron chi connectivity index (χ4n) is 4.26. The van der Waals surface area contributed by atoms with Crippen molar-refractivity contribution in [2.75, 3.05) is 36.0 Å². The summed E-state index contributed by atoms with van der Waals surface area (Å²) in [6, 6.07) is 17.2. The molecule has 30 heavy (non-hydrogen) atoms. The first-order valence-electron chi connectivity index (χ1n) is 10.2. The number of halogens is 1. The molecule has 2 aromatic heterocycles. The molecule has 1 fully saturated rings. The number of aryl methyl sites for hydroxylation is 2. The lowest BCUT2D eigenvalue weighted by Gasteiger charge is -2.37. The minimum atomic E-state index is 0.317. The predicted molar refractivity (Wildman–Crippen MR) is 128 cm³/mol. The summed E-state index contributed by atoms with van der Waals surface area (Å²) < 4.78 is 0. The maximum absolute atomic E-state index is 6.32. The van der Waals surface area contributed by atoms with Crippen LogP contribution in [0.4, 0.5) is 11.5 Å². The van der Waals surface area contributed by atoms with Crippen LogP contribution in [0.3, 0.4) is 0 Å². The third-order valence-corrected chi connectivity index (χ3v) is 6.80. The molecule has 0 spiro atoms. The number of piperazine rings is 1. The first kappa shape index (κ1) is 19.3. The van der Waals surface area contributed by atoms with E-state index in [9.17, 15) is 0 Å². The zero-order chi connectivity index (χ0) is 20.7. The van der Waals surface area contributed by atoms with E-state index < -0.39 is 0 Å². The standard InChI is InChI=1S/C24H23ClN4S/c1-16-8-9-19(17(2)14-16)20-15-30-23-21(20)22(26-24(25)27-23)29-12-10-28(11-13-29)18-6-4-3-5-7-18/h3-9,14-15H,10-13H2,1-2H3. The Hall–Kier alpha value is -2.63. The summed E-state index contributed by atoms with van der Waals surface area (Å²) in [5, 5.41) is 3.62. The van der Waals surface area contributed by atoms with E-state index in [-0.39, 0.29) is 0 Å². The van der Waals surface area contributed by atoms with Gasteiger partial charge in [-0.25, -0.2) is 4.98 Å². The van der Waals surface area contributed by atoms with E-state index in [0.717, 1.165) is 42.2 Å². The zero-order valence-corrected chi connectivity index (χ0v) is 18.7. The number of rotatable bonds is 3. The number of nitrogens with zero attached hydrogens (tertiary/aromatic N) is 4. The molecule has 0 bridgehead atoms. The molecule has 0 atom stereocenters. The lowest BCUT2D eigenvalue weighted by Crippen LogP contribution is -2.47. The molecule has 152 valence electrons. The molecule has 0 saturated carbocycles. The average molecular weight is 435 g/mol. The van der Waals surface area contributed by atoms with Gasteiger partial charge < -0.3 is 9.80 Å². The van der Waals surface area contributed by atoms with E-state index >= 15 is 0 Å². The summed E-state index contributed by atoms with van der Waals surface area (Å²) >= 11 is 7.96. The molecule has 1 saturated heterocycles. The quantitative estimate of drug-likeness (QED) is 0.372. The minimum absolute atomic E-state index is 0.317. The second-order valence-electron chi connectivity index (χ2n) is 7.77. The number of aromatic nitrogens is 2. The van der Waals surface area contributed by atoms with Gasteiger partial charge in [0.1, 0.15) is 10.6 Å². The van der Waals surface area contributed by atoms with E-state index in [4.69, 9.17) is 16.6 Å². The molecule has 1 aliphatic rings. The fraction of sp³-hybridized carbons (Fsp3) is 0.250. The molecule has 1 aliphatic heterocycles. The van der Waals surface area contributed by atoms with Crippen molar-refractivity contribution in [1.29, 1.82) is 0 Å². The molecule has 0 N–H and O–H groups in total. The maximum Gasteiger partial charge on any atom is 0.225 e. The highest BCUT2D eigenvalue weighted by atomic mass is 35.5. The first-order valence-corrected chi connectivity index (χ1v) is 11.4. The van der Waals surface area contributed by atoms with Crippen molar-refractivity contribution in [3.05, 3.63) is 70.3 Å². The van der Waals surface area contributed by atoms with Gasteiger partial charge in [-0.2, -0.15) is 4.98 Å². The summed E-state index contributed by atoms with van der Waals surface area (Å²) in [7, 11) is 0. The average Bonchev–Trinajstić information content (AvgIpc) is 3.17. The molecule has 0 amide bonds. The van der Waals surface area contributed by atoms with Crippen LogP contribution in [-0.2, 0) is 0 Å². The Kier molecular flexibility index (Phi) is 5.09. The van der Waals surface area contributed by atoms with Crippen molar-refractivity contribution >= 4 is 44.7 Å². The Labute approximate surface area is 185 Å². The van der Waals surface area contributed by atoms with Gasteiger partial charge in [-0.15, -0.1) is 11.3 Å². The highest BCUT2D eigenvalue weighted by Gasteiger charge is 2.24. The number of anilines is 2. The van der Waals surface area contributed by atoms with Crippen LogP contribution in [0.15, 0.2) is 53.9 Å². The molecule has 4 aromatic rings. The van der Waals surface area contributed by atoms with Crippen LogP contribution in [0.1, 0.15) is 11.1 Å². The van der Waals surface area contributed by atoms with Crippen molar-refractivity contribution in [2.45, 2.75) is 13.8 Å². The van der Waals surface area contributed by atoms with Gasteiger partial charge in [0, 0.05) is 42.8 Å². The first-order chi connectivity index (χ1) is 14.6. The van der Waals surface area contributed by atoms with Gasteiger partial charge in [0.25, 0.3) is 0 Å². The van der Waals surface area contributed by atoms with Gasteiger partial charge in [-0.05, 0) is 48.7 Å². The lowest BCUT2D eigenvalue weighted by atomic mass is 9.99. The number of hydrogen-bond donors (Lipinski definition) is 0. The Morgan fingerprint density at radius 3 is 2.33 bits per heavy atom. The van der Waals surface area contributed by atoms with Crippen LogP contribution in [0, 0.1) is 13.8 Å². The monoisotopic (exact) mass is 434 g/mol. The van der Waals surface area contributed by atoms with Crippen LogP contribution in [0.2, 0.25) is 5.28 Å². The topological polar surface area (TPSA) is 32.3 Å². The van der Waals surface area contributed by atoms with E-state index in [1.54, 1.807) is 11.3 Å². The molecular weight excluding hydrogens is 412 g/mol. The minimum Gasteiger partial charge on any atom is -0.368 e. The fourth-order valence-corrected chi connectivity index (χ4v) is 5.40. The second-order valence-corrected chi connectivity index (χ2v) is 8.97. The SMILES string of the molecule is Cc1ccc(-c2csc3nc(Cl)nc(N4CCN(c5ccccc5)CC4)c23)c(C)c1. The summed E-state index contributed by atoms with van der Waals surface area (Å²) in [6.07, 6.45) is 0. The van der Waals surface area contributed by atoms with Crippen molar-refractivity contribution in [1.82, 2.24) is 9.97 Å². The van der Waals surface area contributed by atoms with E-state index in [1.807, 2.05) is 0 Å². The van der Waals surface area contributed by atoms with Gasteiger partial charge in [-0.3, -0.25) is 0 Å². The Balaban J connectivity index is 1.52. The van der Waals surface area contributed by atoms with Crippen molar-refractivity contribution in [3.8, 4) is 11.1 Å². The molecule has 4 nitrogen and oxygen atoms in total. The lowest BCUT2D eigenvalue weighted by molar-refractivity contribution is 0.649. The summed E-state index contributed by atoms with van der Waals surface area (Å²) in [5.74, 6) is 0.953. The highest BCUT2D eigenvalue weighted by molar-refractivity contribution is 7.17. The van der Waals surface area contributed by atoms with Gasteiger partial charge in [0.15, 0.2) is 0 Å². The van der Waals surface area contributed by atoms with E-state index in [2.05, 4.69) is 82.5 Å². The highest BCUT2D eigenvalue weighted by Crippen LogP contribution is 2.40. The summed E-state index contributed by atoms with van der Waals surface area (Å²) in [4.78, 5) is 15.0. The van der Waals surface area contributed by atoms with Crippen LogP contribution >= 0.6 is 22.9 Å². The second kappa shape index (κ2) is 7.89. The third-order valence-electron chi connectivity index (χ3n) is 5.76. The van der Waals surface area contributed by atoms with Crippen LogP contribution < -0.4 is 9.80 Å². The maximum atomic E-state index is 6.32. The number of benzene rings is 2. The molecule has 3 heterocycles. The van der Waals surface area contributed by atoms with Crippen molar-refractivity contribution in [3.63, 3.8) is 0 Å². The molecule has 0 unspecified atom stereocenters. The Bertz CT molecular complexity index is 1200. The molecule has 0 radical (unpaired) electrons. The molecule has 6 heteroatoms. The third kappa shape index (κ3) is 3.53. The zero-order valence-electron chi connectivity index (χ0n) is 17.1. The van der Waals surface area contributed by atoms with Crippen molar-refractivity contribution < 1.29 is 0 Å². The van der Waals surface area contributed by atoms with Gasteiger partial charge in [0.2, 0.25) is 5.28 Å². The Morgan fingerprint density at radius 2 is 1.60 bits per heavy atom. The predicted octanol–water partition coefficient (Wildman–Crippen LogP) is 5.96. The van der Waals surface area contributed by atoms with E-state index in [0.29, 0.717) is 5.28 Å².